The molecule has 0 unspecified atom stereocenters. The van der Waals surface area contributed by atoms with Crippen molar-refractivity contribution in [2.75, 3.05) is 13.7 Å². The Morgan fingerprint density at radius 2 is 2.04 bits per heavy atom. The van der Waals surface area contributed by atoms with Crippen LogP contribution in [0.3, 0.4) is 0 Å². The van der Waals surface area contributed by atoms with Crippen LogP contribution in [0.2, 0.25) is 0 Å². The van der Waals surface area contributed by atoms with Gasteiger partial charge in [-0.1, -0.05) is 24.3 Å². The van der Waals surface area contributed by atoms with Crippen molar-refractivity contribution in [2.24, 2.45) is 0 Å². The number of carbonyl (C=O) groups is 1. The summed E-state index contributed by atoms with van der Waals surface area (Å²) in [6.07, 6.45) is 1.69. The quantitative estimate of drug-likeness (QED) is 0.653. The molecule has 0 aliphatic rings. The van der Waals surface area contributed by atoms with Crippen LogP contribution in [0.25, 0.3) is 21.9 Å². The van der Waals surface area contributed by atoms with Gasteiger partial charge in [0.15, 0.2) is 11.5 Å². The highest BCUT2D eigenvalue weighted by Crippen LogP contribution is 2.36. The normalized spacial score (nSPS) is 11.5. The zero-order chi connectivity index (χ0) is 18.5. The topological polar surface area (TPSA) is 68.7 Å². The molecule has 6 heteroatoms. The fourth-order valence-electron chi connectivity index (χ4n) is 2.68. The molecule has 3 rings (SSSR count). The van der Waals surface area contributed by atoms with Crippen LogP contribution in [0.5, 0.6) is 11.5 Å². The third kappa shape index (κ3) is 3.86. The molecule has 0 radical (unpaired) electrons. The van der Waals surface area contributed by atoms with Gasteiger partial charge in [-0.25, -0.2) is 4.98 Å². The van der Waals surface area contributed by atoms with Crippen molar-refractivity contribution in [3.05, 3.63) is 53.0 Å². The highest BCUT2D eigenvalue weighted by Gasteiger charge is 2.15. The second kappa shape index (κ2) is 8.01. The fourth-order valence-corrected chi connectivity index (χ4v) is 3.66. The van der Waals surface area contributed by atoms with Crippen LogP contribution in [0.15, 0.2) is 42.5 Å². The third-order valence-electron chi connectivity index (χ3n) is 3.75. The molecule has 5 nitrogen and oxygen atoms in total. The molecule has 0 spiro atoms. The lowest BCUT2D eigenvalue weighted by atomic mass is 10.1. The van der Waals surface area contributed by atoms with E-state index in [4.69, 9.17) is 9.47 Å². The number of hydrogen-bond donors (Lipinski definition) is 1. The molecule has 0 atom stereocenters. The lowest BCUT2D eigenvalue weighted by Gasteiger charge is -2.12. The van der Waals surface area contributed by atoms with E-state index in [9.17, 15) is 9.90 Å². The summed E-state index contributed by atoms with van der Waals surface area (Å²) in [5, 5.41) is 10.0. The summed E-state index contributed by atoms with van der Waals surface area (Å²) < 4.78 is 12.1. The number of benzene rings is 2. The first-order valence-electron chi connectivity index (χ1n) is 8.20. The second-order valence-electron chi connectivity index (χ2n) is 5.54. The van der Waals surface area contributed by atoms with E-state index < -0.39 is 5.97 Å². The standard InChI is InChI=1S/C20H19NO4S/c1-3-25-16-9-6-7-13(19(16)24-2)11-14(12-18(22)23)20-21-15-8-4-5-10-17(15)26-20/h4-11H,3,12H2,1-2H3,(H,22,23)/b14-11-. The number of carboxylic acid groups (broad SMARTS) is 1. The Balaban J connectivity index is 2.10. The monoisotopic (exact) mass is 369 g/mol. The van der Waals surface area contributed by atoms with Gasteiger partial charge < -0.3 is 14.6 Å². The molecule has 0 aliphatic carbocycles. The minimum Gasteiger partial charge on any atom is -0.492 e. The van der Waals surface area contributed by atoms with Crippen LogP contribution in [0.4, 0.5) is 0 Å². The zero-order valence-corrected chi connectivity index (χ0v) is 15.4. The predicted octanol–water partition coefficient (Wildman–Crippen LogP) is 4.72. The maximum Gasteiger partial charge on any atom is 0.307 e. The van der Waals surface area contributed by atoms with Crippen LogP contribution in [0, 0.1) is 0 Å². The van der Waals surface area contributed by atoms with Crippen molar-refractivity contribution in [3.63, 3.8) is 0 Å². The number of nitrogens with zero attached hydrogens (tertiary/aromatic N) is 1. The highest BCUT2D eigenvalue weighted by molar-refractivity contribution is 7.19. The summed E-state index contributed by atoms with van der Waals surface area (Å²) in [6, 6.07) is 13.3. The molecule has 1 heterocycles. The van der Waals surface area contributed by atoms with Gasteiger partial charge in [0.25, 0.3) is 0 Å². The average Bonchev–Trinajstić information content (AvgIpc) is 3.05. The molecule has 0 saturated heterocycles. The largest absolute Gasteiger partial charge is 0.492 e. The smallest absolute Gasteiger partial charge is 0.307 e. The number of para-hydroxylation sites is 2. The first-order chi connectivity index (χ1) is 12.6. The summed E-state index contributed by atoms with van der Waals surface area (Å²) in [5.41, 5.74) is 2.25. The van der Waals surface area contributed by atoms with Crippen LogP contribution in [0.1, 0.15) is 23.9 Å². The van der Waals surface area contributed by atoms with Crippen molar-refractivity contribution in [2.45, 2.75) is 13.3 Å². The SMILES string of the molecule is CCOc1cccc(/C=C(/CC(=O)O)c2nc3ccccc3s2)c1OC. The van der Waals surface area contributed by atoms with E-state index in [0.717, 1.165) is 15.8 Å². The van der Waals surface area contributed by atoms with E-state index in [2.05, 4.69) is 4.98 Å². The van der Waals surface area contributed by atoms with Crippen molar-refractivity contribution >= 4 is 39.2 Å². The summed E-state index contributed by atoms with van der Waals surface area (Å²) >= 11 is 1.48. The van der Waals surface area contributed by atoms with E-state index >= 15 is 0 Å². The molecule has 0 aliphatic heterocycles. The minimum atomic E-state index is -0.907. The summed E-state index contributed by atoms with van der Waals surface area (Å²) in [4.78, 5) is 16.0. The number of fused-ring (bicyclic) bond motifs is 1. The molecular weight excluding hydrogens is 350 g/mol. The Labute approximate surface area is 155 Å². The average molecular weight is 369 g/mol. The Kier molecular flexibility index (Phi) is 5.53. The number of methoxy groups -OCH3 is 1. The maximum atomic E-state index is 11.4. The van der Waals surface area contributed by atoms with Gasteiger partial charge in [0.2, 0.25) is 0 Å². The van der Waals surface area contributed by atoms with Gasteiger partial charge >= 0.3 is 5.97 Å². The summed E-state index contributed by atoms with van der Waals surface area (Å²) in [7, 11) is 1.57. The lowest BCUT2D eigenvalue weighted by Crippen LogP contribution is -1.99. The molecule has 0 saturated carbocycles. The molecule has 1 aromatic heterocycles. The van der Waals surface area contributed by atoms with E-state index in [1.165, 1.54) is 11.3 Å². The van der Waals surface area contributed by atoms with Crippen molar-refractivity contribution < 1.29 is 19.4 Å². The Morgan fingerprint density at radius 1 is 1.23 bits per heavy atom. The van der Waals surface area contributed by atoms with Crippen LogP contribution in [-0.4, -0.2) is 29.8 Å². The first kappa shape index (κ1) is 17.9. The molecule has 0 bridgehead atoms. The van der Waals surface area contributed by atoms with E-state index in [1.807, 2.05) is 55.5 Å². The van der Waals surface area contributed by atoms with E-state index in [-0.39, 0.29) is 6.42 Å². The van der Waals surface area contributed by atoms with Gasteiger partial charge in [-0.05, 0) is 36.8 Å². The Bertz CT molecular complexity index is 928. The third-order valence-corrected chi connectivity index (χ3v) is 4.87. The number of aromatic nitrogens is 1. The van der Waals surface area contributed by atoms with Crippen molar-refractivity contribution in [3.8, 4) is 11.5 Å². The molecule has 0 amide bonds. The number of ether oxygens (including phenoxy) is 2. The molecule has 3 aromatic rings. The maximum absolute atomic E-state index is 11.4. The number of rotatable bonds is 7. The molecule has 2 aromatic carbocycles. The van der Waals surface area contributed by atoms with E-state index in [1.54, 1.807) is 7.11 Å². The van der Waals surface area contributed by atoms with Crippen molar-refractivity contribution in [1.82, 2.24) is 4.98 Å². The van der Waals surface area contributed by atoms with Crippen LogP contribution >= 0.6 is 11.3 Å². The van der Waals surface area contributed by atoms with Crippen molar-refractivity contribution in [1.29, 1.82) is 0 Å². The van der Waals surface area contributed by atoms with Crippen LogP contribution < -0.4 is 9.47 Å². The summed E-state index contributed by atoms with van der Waals surface area (Å²) in [5.74, 6) is 0.302. The van der Waals surface area contributed by atoms with Gasteiger partial charge in [0.05, 0.1) is 30.4 Å². The zero-order valence-electron chi connectivity index (χ0n) is 14.6. The molecule has 0 fully saturated rings. The lowest BCUT2D eigenvalue weighted by molar-refractivity contribution is -0.135. The van der Waals surface area contributed by atoms with Gasteiger partial charge in [0.1, 0.15) is 5.01 Å². The predicted molar refractivity (Wildman–Crippen MR) is 104 cm³/mol. The Hall–Kier alpha value is -2.86. The number of carboxylic acids is 1. The second-order valence-corrected chi connectivity index (χ2v) is 6.57. The van der Waals surface area contributed by atoms with E-state index in [0.29, 0.717) is 28.7 Å². The molecule has 1 N–H and O–H groups in total. The van der Waals surface area contributed by atoms with Crippen LogP contribution in [-0.2, 0) is 4.79 Å². The Morgan fingerprint density at radius 3 is 2.73 bits per heavy atom. The molecular formula is C20H19NO4S. The first-order valence-corrected chi connectivity index (χ1v) is 9.02. The number of thiazole rings is 1. The number of hydrogen-bond acceptors (Lipinski definition) is 5. The van der Waals surface area contributed by atoms with Gasteiger partial charge in [-0.15, -0.1) is 11.3 Å². The van der Waals surface area contributed by atoms with Gasteiger partial charge in [-0.2, -0.15) is 0 Å². The molecule has 26 heavy (non-hydrogen) atoms. The van der Waals surface area contributed by atoms with Gasteiger partial charge in [-0.3, -0.25) is 4.79 Å². The minimum absolute atomic E-state index is 0.123. The fraction of sp³-hybridized carbons (Fsp3) is 0.200. The molecule has 134 valence electrons. The summed E-state index contributed by atoms with van der Waals surface area (Å²) in [6.45, 7) is 2.42. The number of aliphatic carboxylic acids is 1. The highest BCUT2D eigenvalue weighted by atomic mass is 32.1. The van der Waals surface area contributed by atoms with Gasteiger partial charge in [0, 0.05) is 5.56 Å².